The Balaban J connectivity index is 1.77. The maximum Gasteiger partial charge on any atom is 0.230 e. The van der Waals surface area contributed by atoms with Crippen LogP contribution in [0.4, 0.5) is 0 Å². The summed E-state index contributed by atoms with van der Waals surface area (Å²) < 4.78 is 0. The summed E-state index contributed by atoms with van der Waals surface area (Å²) in [6.07, 6.45) is 4.98. The third-order valence-corrected chi connectivity index (χ3v) is 5.22. The Morgan fingerprint density at radius 3 is 2.91 bits per heavy atom. The summed E-state index contributed by atoms with van der Waals surface area (Å²) in [4.78, 5) is 21.5. The lowest BCUT2D eigenvalue weighted by atomic mass is 10.0. The fraction of sp³-hybridized carbons (Fsp3) is 0.562. The van der Waals surface area contributed by atoms with Crippen LogP contribution in [-0.2, 0) is 4.79 Å². The number of hydrogen-bond donors (Lipinski definition) is 1. The van der Waals surface area contributed by atoms with Gasteiger partial charge in [0.25, 0.3) is 0 Å². The number of rotatable bonds is 8. The number of thioether (sulfide) groups is 1. The Labute approximate surface area is 140 Å². The van der Waals surface area contributed by atoms with Crippen molar-refractivity contribution in [2.45, 2.75) is 51.1 Å². The van der Waals surface area contributed by atoms with Gasteiger partial charge in [-0.2, -0.15) is 0 Å². The molecule has 2 aromatic rings. The molecule has 0 aromatic carbocycles. The average molecular weight is 338 g/mol. The second-order valence-electron chi connectivity index (χ2n) is 5.90. The molecule has 0 aliphatic carbocycles. The molecule has 120 valence electrons. The van der Waals surface area contributed by atoms with Crippen LogP contribution in [0.2, 0.25) is 0 Å². The van der Waals surface area contributed by atoms with E-state index in [4.69, 9.17) is 0 Å². The quantitative estimate of drug-likeness (QED) is 0.582. The second-order valence-corrected chi connectivity index (χ2v) is 7.76. The second kappa shape index (κ2) is 8.48. The number of nitrogens with zero attached hydrogens (tertiary/aromatic N) is 2. The molecule has 0 radical (unpaired) electrons. The Kier molecular flexibility index (Phi) is 6.64. The molecule has 0 fully saturated rings. The van der Waals surface area contributed by atoms with Crippen molar-refractivity contribution in [3.63, 3.8) is 0 Å². The molecule has 2 aromatic heterocycles. The monoisotopic (exact) mass is 337 g/mol. The summed E-state index contributed by atoms with van der Waals surface area (Å²) in [5.74, 6) is 1.20. The van der Waals surface area contributed by atoms with Gasteiger partial charge in [-0.25, -0.2) is 9.97 Å². The Bertz CT molecular complexity index is 612. The van der Waals surface area contributed by atoms with E-state index in [1.807, 2.05) is 11.4 Å². The number of thiophene rings is 1. The van der Waals surface area contributed by atoms with Gasteiger partial charge in [-0.05, 0) is 30.7 Å². The van der Waals surface area contributed by atoms with E-state index >= 15 is 0 Å². The van der Waals surface area contributed by atoms with Gasteiger partial charge < -0.3 is 5.32 Å². The molecule has 22 heavy (non-hydrogen) atoms. The van der Waals surface area contributed by atoms with E-state index < -0.39 is 0 Å². The van der Waals surface area contributed by atoms with Crippen LogP contribution < -0.4 is 5.32 Å². The summed E-state index contributed by atoms with van der Waals surface area (Å²) in [6, 6.07) is 2.24. The predicted octanol–water partition coefficient (Wildman–Crippen LogP) is 4.11. The molecular weight excluding hydrogens is 314 g/mol. The molecule has 1 atom stereocenters. The molecule has 6 heteroatoms. The first kappa shape index (κ1) is 17.2. The Hall–Kier alpha value is -1.14. The molecule has 2 heterocycles. The molecule has 0 bridgehead atoms. The topological polar surface area (TPSA) is 54.9 Å². The van der Waals surface area contributed by atoms with Crippen LogP contribution in [0.1, 0.15) is 40.0 Å². The molecule has 0 saturated carbocycles. The molecular formula is C16H23N3OS2. The predicted molar refractivity (Wildman–Crippen MR) is 94.4 cm³/mol. The van der Waals surface area contributed by atoms with Crippen LogP contribution in [0.25, 0.3) is 10.2 Å². The highest BCUT2D eigenvalue weighted by molar-refractivity contribution is 8.00. The van der Waals surface area contributed by atoms with Crippen molar-refractivity contribution in [1.29, 1.82) is 0 Å². The Morgan fingerprint density at radius 2 is 2.14 bits per heavy atom. The fourth-order valence-corrected chi connectivity index (χ4v) is 3.83. The lowest BCUT2D eigenvalue weighted by molar-refractivity contribution is -0.119. The maximum absolute atomic E-state index is 12.0. The summed E-state index contributed by atoms with van der Waals surface area (Å²) in [6.45, 7) is 6.53. The molecule has 0 aliphatic heterocycles. The Morgan fingerprint density at radius 1 is 1.32 bits per heavy atom. The third kappa shape index (κ3) is 5.25. The van der Waals surface area contributed by atoms with Gasteiger partial charge >= 0.3 is 0 Å². The number of aromatic nitrogens is 2. The first-order valence-corrected chi connectivity index (χ1v) is 9.53. The highest BCUT2D eigenvalue weighted by atomic mass is 32.2. The van der Waals surface area contributed by atoms with Crippen LogP contribution in [0.15, 0.2) is 22.8 Å². The van der Waals surface area contributed by atoms with Crippen LogP contribution in [-0.4, -0.2) is 27.7 Å². The lowest BCUT2D eigenvalue weighted by Crippen LogP contribution is -2.33. The number of carbonyl (C=O) groups is 1. The fourth-order valence-electron chi connectivity index (χ4n) is 2.24. The standard InChI is InChI=1S/C16H23N3OS2/c1-11(2)5-4-6-12(3)19-14(20)9-22-16-13-7-8-21-15(13)17-10-18-16/h7-8,10-12H,4-6,9H2,1-3H3,(H,19,20)/t12-/m0/s1. The molecule has 0 spiro atoms. The number of amides is 1. The van der Waals surface area contributed by atoms with Crippen molar-refractivity contribution in [1.82, 2.24) is 15.3 Å². The van der Waals surface area contributed by atoms with Crippen LogP contribution in [0, 0.1) is 5.92 Å². The van der Waals surface area contributed by atoms with E-state index in [1.54, 1.807) is 17.7 Å². The van der Waals surface area contributed by atoms with E-state index in [0.717, 1.165) is 34.0 Å². The minimum absolute atomic E-state index is 0.0732. The zero-order chi connectivity index (χ0) is 15.9. The smallest absolute Gasteiger partial charge is 0.230 e. The normalized spacial score (nSPS) is 12.7. The van der Waals surface area contributed by atoms with E-state index in [0.29, 0.717) is 5.75 Å². The van der Waals surface area contributed by atoms with E-state index in [1.165, 1.54) is 18.2 Å². The molecule has 0 saturated heterocycles. The number of nitrogens with one attached hydrogen (secondary N) is 1. The number of hydrogen-bond acceptors (Lipinski definition) is 5. The van der Waals surface area contributed by atoms with E-state index in [2.05, 4.69) is 36.1 Å². The molecule has 1 N–H and O–H groups in total. The summed E-state index contributed by atoms with van der Waals surface area (Å²) in [5.41, 5.74) is 0. The number of carbonyl (C=O) groups excluding carboxylic acids is 1. The van der Waals surface area contributed by atoms with E-state index in [-0.39, 0.29) is 11.9 Å². The SMILES string of the molecule is CC(C)CCC[C@H](C)NC(=O)CSc1ncnc2sccc12. The molecule has 0 unspecified atom stereocenters. The zero-order valence-corrected chi connectivity index (χ0v) is 15.0. The van der Waals surface area contributed by atoms with Gasteiger partial charge in [-0.3, -0.25) is 4.79 Å². The first-order chi connectivity index (χ1) is 10.6. The lowest BCUT2D eigenvalue weighted by Gasteiger charge is -2.14. The highest BCUT2D eigenvalue weighted by Gasteiger charge is 2.11. The average Bonchev–Trinajstić information content (AvgIpc) is 2.93. The van der Waals surface area contributed by atoms with Crippen molar-refractivity contribution in [2.24, 2.45) is 5.92 Å². The highest BCUT2D eigenvalue weighted by Crippen LogP contribution is 2.27. The summed E-state index contributed by atoms with van der Waals surface area (Å²) in [7, 11) is 0. The molecule has 1 amide bonds. The van der Waals surface area contributed by atoms with Gasteiger partial charge in [-0.15, -0.1) is 11.3 Å². The van der Waals surface area contributed by atoms with Crippen molar-refractivity contribution in [3.8, 4) is 0 Å². The first-order valence-electron chi connectivity index (χ1n) is 7.66. The van der Waals surface area contributed by atoms with Crippen LogP contribution in [0.3, 0.4) is 0 Å². The molecule has 0 aliphatic rings. The summed E-state index contributed by atoms with van der Waals surface area (Å²) in [5, 5.41) is 6.99. The van der Waals surface area contributed by atoms with Gasteiger partial charge in [0.1, 0.15) is 16.2 Å². The largest absolute Gasteiger partial charge is 0.353 e. The summed E-state index contributed by atoms with van der Waals surface area (Å²) >= 11 is 3.07. The van der Waals surface area contributed by atoms with Gasteiger partial charge in [-0.1, -0.05) is 38.5 Å². The van der Waals surface area contributed by atoms with Gasteiger partial charge in [0.2, 0.25) is 5.91 Å². The molecule has 2 rings (SSSR count). The van der Waals surface area contributed by atoms with Crippen LogP contribution >= 0.6 is 23.1 Å². The van der Waals surface area contributed by atoms with Crippen molar-refractivity contribution < 1.29 is 4.79 Å². The van der Waals surface area contributed by atoms with Crippen molar-refractivity contribution in [3.05, 3.63) is 17.8 Å². The van der Waals surface area contributed by atoms with Gasteiger partial charge in [0.05, 0.1) is 5.75 Å². The number of fused-ring (bicyclic) bond motifs is 1. The third-order valence-electron chi connectivity index (χ3n) is 3.39. The van der Waals surface area contributed by atoms with E-state index in [9.17, 15) is 4.79 Å². The molecule has 4 nitrogen and oxygen atoms in total. The van der Waals surface area contributed by atoms with Gasteiger partial charge in [0.15, 0.2) is 0 Å². The van der Waals surface area contributed by atoms with Crippen molar-refractivity contribution >= 4 is 39.2 Å². The van der Waals surface area contributed by atoms with Gasteiger partial charge in [0, 0.05) is 11.4 Å². The van der Waals surface area contributed by atoms with Crippen LogP contribution in [0.5, 0.6) is 0 Å². The van der Waals surface area contributed by atoms with Crippen molar-refractivity contribution in [2.75, 3.05) is 5.75 Å². The minimum Gasteiger partial charge on any atom is -0.353 e. The zero-order valence-electron chi connectivity index (χ0n) is 13.3. The minimum atomic E-state index is 0.0732. The maximum atomic E-state index is 12.0.